The standard InChI is InChI=1S/C20H18ClN3OS/c21-16-6-4-5-15(13-16)19-22-18(14-26-19)20(25)24-11-9-23(10-12-24)17-7-2-1-3-8-17/h1-8,13-14H,9-12H2. The van der Waals surface area contributed by atoms with Crippen molar-refractivity contribution in [2.45, 2.75) is 0 Å². The Kier molecular flexibility index (Phi) is 4.91. The van der Waals surface area contributed by atoms with Crippen LogP contribution >= 0.6 is 22.9 Å². The molecule has 0 bridgehead atoms. The molecule has 132 valence electrons. The summed E-state index contributed by atoms with van der Waals surface area (Å²) in [4.78, 5) is 21.5. The second-order valence-corrected chi connectivity index (χ2v) is 7.46. The summed E-state index contributed by atoms with van der Waals surface area (Å²) in [5, 5.41) is 3.32. The Bertz CT molecular complexity index is 904. The zero-order valence-electron chi connectivity index (χ0n) is 14.1. The minimum Gasteiger partial charge on any atom is -0.368 e. The van der Waals surface area contributed by atoms with Gasteiger partial charge in [0.25, 0.3) is 5.91 Å². The summed E-state index contributed by atoms with van der Waals surface area (Å²) in [6, 6.07) is 17.9. The molecule has 0 aliphatic carbocycles. The van der Waals surface area contributed by atoms with E-state index in [-0.39, 0.29) is 5.91 Å². The first kappa shape index (κ1) is 17.1. The number of hydrogen-bond donors (Lipinski definition) is 0. The smallest absolute Gasteiger partial charge is 0.273 e. The number of carbonyl (C=O) groups excluding carboxylic acids is 1. The third kappa shape index (κ3) is 3.59. The van der Waals surface area contributed by atoms with Crippen LogP contribution in [0.4, 0.5) is 5.69 Å². The van der Waals surface area contributed by atoms with E-state index < -0.39 is 0 Å². The first-order valence-electron chi connectivity index (χ1n) is 8.51. The summed E-state index contributed by atoms with van der Waals surface area (Å²) in [6.07, 6.45) is 0. The third-order valence-corrected chi connectivity index (χ3v) is 5.61. The molecule has 4 nitrogen and oxygen atoms in total. The first-order chi connectivity index (χ1) is 12.7. The van der Waals surface area contributed by atoms with E-state index >= 15 is 0 Å². The Morgan fingerprint density at radius 2 is 1.77 bits per heavy atom. The molecule has 3 aromatic rings. The van der Waals surface area contributed by atoms with Crippen LogP contribution in [0.25, 0.3) is 10.6 Å². The van der Waals surface area contributed by atoms with Crippen molar-refractivity contribution in [3.8, 4) is 10.6 Å². The van der Waals surface area contributed by atoms with Crippen molar-refractivity contribution in [1.82, 2.24) is 9.88 Å². The van der Waals surface area contributed by atoms with Crippen LogP contribution in [-0.4, -0.2) is 42.0 Å². The van der Waals surface area contributed by atoms with Crippen molar-refractivity contribution < 1.29 is 4.79 Å². The molecule has 0 radical (unpaired) electrons. The number of nitrogens with zero attached hydrogens (tertiary/aromatic N) is 3. The van der Waals surface area contributed by atoms with E-state index in [0.29, 0.717) is 23.8 Å². The van der Waals surface area contributed by atoms with Crippen LogP contribution in [0.1, 0.15) is 10.5 Å². The van der Waals surface area contributed by atoms with Gasteiger partial charge in [-0.05, 0) is 24.3 Å². The number of piperazine rings is 1. The summed E-state index contributed by atoms with van der Waals surface area (Å²) in [5.41, 5.74) is 2.66. The summed E-state index contributed by atoms with van der Waals surface area (Å²) in [5.74, 6) is 0.00207. The van der Waals surface area contributed by atoms with Crippen LogP contribution in [0.3, 0.4) is 0 Å². The summed E-state index contributed by atoms with van der Waals surface area (Å²) >= 11 is 7.52. The predicted octanol–water partition coefficient (Wildman–Crippen LogP) is 4.43. The fourth-order valence-electron chi connectivity index (χ4n) is 3.09. The SMILES string of the molecule is O=C(c1csc(-c2cccc(Cl)c2)n1)N1CCN(c2ccccc2)CC1. The molecule has 2 aromatic carbocycles. The van der Waals surface area contributed by atoms with Crippen LogP contribution in [0.15, 0.2) is 60.0 Å². The fourth-order valence-corrected chi connectivity index (χ4v) is 4.08. The molecule has 0 saturated carbocycles. The minimum atomic E-state index is 0.00207. The minimum absolute atomic E-state index is 0.00207. The average Bonchev–Trinajstić information content (AvgIpc) is 3.18. The monoisotopic (exact) mass is 383 g/mol. The Morgan fingerprint density at radius 3 is 2.50 bits per heavy atom. The van der Waals surface area contributed by atoms with Gasteiger partial charge < -0.3 is 9.80 Å². The number of thiazole rings is 1. The van der Waals surface area contributed by atoms with Crippen LogP contribution in [-0.2, 0) is 0 Å². The highest BCUT2D eigenvalue weighted by Gasteiger charge is 2.24. The van der Waals surface area contributed by atoms with Gasteiger partial charge >= 0.3 is 0 Å². The molecule has 0 atom stereocenters. The van der Waals surface area contributed by atoms with Gasteiger partial charge in [-0.25, -0.2) is 4.98 Å². The Balaban J connectivity index is 1.43. The van der Waals surface area contributed by atoms with Crippen molar-refractivity contribution in [2.75, 3.05) is 31.1 Å². The molecule has 0 spiro atoms. The zero-order valence-corrected chi connectivity index (χ0v) is 15.7. The van der Waals surface area contributed by atoms with E-state index in [4.69, 9.17) is 11.6 Å². The molecule has 1 aliphatic rings. The largest absolute Gasteiger partial charge is 0.368 e. The van der Waals surface area contributed by atoms with Gasteiger partial charge in [0.15, 0.2) is 0 Å². The topological polar surface area (TPSA) is 36.4 Å². The average molecular weight is 384 g/mol. The maximum atomic E-state index is 12.8. The van der Waals surface area contributed by atoms with Crippen LogP contribution in [0.5, 0.6) is 0 Å². The van der Waals surface area contributed by atoms with Crippen LogP contribution in [0.2, 0.25) is 5.02 Å². The molecule has 0 unspecified atom stereocenters. The van der Waals surface area contributed by atoms with E-state index in [1.54, 1.807) is 0 Å². The number of rotatable bonds is 3. The van der Waals surface area contributed by atoms with Crippen molar-refractivity contribution in [1.29, 1.82) is 0 Å². The highest BCUT2D eigenvalue weighted by atomic mass is 35.5. The van der Waals surface area contributed by atoms with E-state index in [2.05, 4.69) is 22.0 Å². The molecular formula is C20H18ClN3OS. The van der Waals surface area contributed by atoms with E-state index in [0.717, 1.165) is 23.7 Å². The number of para-hydroxylation sites is 1. The van der Waals surface area contributed by atoms with E-state index in [1.807, 2.05) is 52.7 Å². The fraction of sp³-hybridized carbons (Fsp3) is 0.200. The van der Waals surface area contributed by atoms with E-state index in [9.17, 15) is 4.79 Å². The normalized spacial score (nSPS) is 14.5. The molecule has 1 saturated heterocycles. The number of carbonyl (C=O) groups is 1. The maximum absolute atomic E-state index is 12.8. The highest BCUT2D eigenvalue weighted by Crippen LogP contribution is 2.26. The van der Waals surface area contributed by atoms with Gasteiger partial charge in [-0.2, -0.15) is 0 Å². The third-order valence-electron chi connectivity index (χ3n) is 4.48. The number of halogens is 1. The van der Waals surface area contributed by atoms with Gasteiger partial charge in [-0.1, -0.05) is 41.9 Å². The molecule has 1 fully saturated rings. The van der Waals surface area contributed by atoms with Gasteiger partial charge in [0.2, 0.25) is 0 Å². The maximum Gasteiger partial charge on any atom is 0.273 e. The number of benzene rings is 2. The lowest BCUT2D eigenvalue weighted by molar-refractivity contribution is 0.0742. The molecule has 6 heteroatoms. The molecule has 1 aromatic heterocycles. The van der Waals surface area contributed by atoms with E-state index in [1.165, 1.54) is 17.0 Å². The van der Waals surface area contributed by atoms with Crippen molar-refractivity contribution in [2.24, 2.45) is 0 Å². The second kappa shape index (κ2) is 7.48. The zero-order chi connectivity index (χ0) is 17.9. The number of aromatic nitrogens is 1. The summed E-state index contributed by atoms with van der Waals surface area (Å²) in [7, 11) is 0. The molecule has 1 aliphatic heterocycles. The quantitative estimate of drug-likeness (QED) is 0.671. The molecule has 2 heterocycles. The Morgan fingerprint density at radius 1 is 1.00 bits per heavy atom. The van der Waals surface area contributed by atoms with Gasteiger partial charge in [-0.3, -0.25) is 4.79 Å². The summed E-state index contributed by atoms with van der Waals surface area (Å²) < 4.78 is 0. The van der Waals surface area contributed by atoms with Crippen molar-refractivity contribution in [3.05, 3.63) is 70.7 Å². The van der Waals surface area contributed by atoms with Gasteiger partial charge in [0, 0.05) is 47.8 Å². The number of hydrogen-bond acceptors (Lipinski definition) is 4. The predicted molar refractivity (Wildman–Crippen MR) is 107 cm³/mol. The molecule has 26 heavy (non-hydrogen) atoms. The van der Waals surface area contributed by atoms with Gasteiger partial charge in [0.05, 0.1) is 0 Å². The van der Waals surface area contributed by atoms with Gasteiger partial charge in [0.1, 0.15) is 10.7 Å². The molecule has 1 amide bonds. The lowest BCUT2D eigenvalue weighted by Crippen LogP contribution is -2.48. The number of anilines is 1. The molecule has 4 rings (SSSR count). The van der Waals surface area contributed by atoms with Crippen LogP contribution in [0, 0.1) is 0 Å². The first-order valence-corrected chi connectivity index (χ1v) is 9.77. The Labute approximate surface area is 161 Å². The lowest BCUT2D eigenvalue weighted by atomic mass is 10.2. The lowest BCUT2D eigenvalue weighted by Gasteiger charge is -2.35. The second-order valence-electron chi connectivity index (χ2n) is 6.16. The Hall–Kier alpha value is -2.37. The van der Waals surface area contributed by atoms with Crippen molar-refractivity contribution >= 4 is 34.5 Å². The number of amides is 1. The van der Waals surface area contributed by atoms with Crippen molar-refractivity contribution in [3.63, 3.8) is 0 Å². The molecular weight excluding hydrogens is 366 g/mol. The van der Waals surface area contributed by atoms with Gasteiger partial charge in [-0.15, -0.1) is 11.3 Å². The van der Waals surface area contributed by atoms with Crippen LogP contribution < -0.4 is 4.90 Å². The highest BCUT2D eigenvalue weighted by molar-refractivity contribution is 7.13. The summed E-state index contributed by atoms with van der Waals surface area (Å²) in [6.45, 7) is 3.08. The molecule has 0 N–H and O–H groups in total.